The Bertz CT molecular complexity index is 5780. The number of carbonyl (C=O) groups excluding carboxylic acids is 4. The number of nitrogens with one attached hydrogen (secondary N) is 3. The van der Waals surface area contributed by atoms with E-state index in [1.54, 1.807) is 24.3 Å². The SMILES string of the molecule is COc1cc(C(=O)NCCCN2CCN(c3cccc(Cl)c3Cl)CC2)cc([N+](=O)[O-])c1O.COc1cc(C(=O)NCCCN2CCN(c3cccc(Cl)c3Cl)CC2)ccc1O.COc1cc(C(=O)O)cc([N+](=O)[O-])c1O.COc1cc(C=O)cc([N+](=O)[O-])c1O.NCCCN1CCN(c2cccc(Cl)c2Cl)CC1.O=C(NCCCN1CCN(c2cccc(Cl)c2Cl)CC1)c1cc(O)c(O)c([N+](=O)[O-])c1. The zero-order chi connectivity index (χ0) is 102. The number of nitrogens with two attached hydrogens (primary N) is 1. The van der Waals surface area contributed by atoms with Gasteiger partial charge in [-0.15, -0.1) is 0 Å². The van der Waals surface area contributed by atoms with E-state index in [4.69, 9.17) is 113 Å². The first-order chi connectivity index (χ1) is 66.4. The number of benzene rings is 9. The van der Waals surface area contributed by atoms with E-state index in [1.165, 1.54) is 52.7 Å². The average molecular weight is 2090 g/mol. The zero-order valence-electron chi connectivity index (χ0n) is 75.7. The van der Waals surface area contributed by atoms with Crippen LogP contribution in [0.15, 0.2) is 140 Å². The number of carbonyl (C=O) groups is 5. The third kappa shape index (κ3) is 32.3. The Morgan fingerprint density at radius 2 is 0.640 bits per heavy atom. The van der Waals surface area contributed by atoms with Crippen LogP contribution in [0.4, 0.5) is 45.5 Å². The molecule has 4 aliphatic heterocycles. The number of amides is 3. The van der Waals surface area contributed by atoms with Crippen LogP contribution in [0.3, 0.4) is 0 Å². The van der Waals surface area contributed by atoms with Gasteiger partial charge in [-0.1, -0.05) is 117 Å². The maximum absolute atomic E-state index is 12.4. The highest BCUT2D eigenvalue weighted by Gasteiger charge is 2.30. The van der Waals surface area contributed by atoms with E-state index < -0.39 is 89.0 Å². The van der Waals surface area contributed by atoms with Crippen molar-refractivity contribution in [3.63, 3.8) is 0 Å². The zero-order valence-corrected chi connectivity index (χ0v) is 81.7. The highest BCUT2D eigenvalue weighted by atomic mass is 35.5. The number of anilines is 4. The predicted octanol–water partition coefficient (Wildman–Crippen LogP) is 15.1. The van der Waals surface area contributed by atoms with Gasteiger partial charge in [0.25, 0.3) is 17.7 Å². The highest BCUT2D eigenvalue weighted by Crippen LogP contribution is 2.43. The van der Waals surface area contributed by atoms with Crippen molar-refractivity contribution < 1.29 is 98.4 Å². The van der Waals surface area contributed by atoms with E-state index in [9.17, 15) is 95.1 Å². The van der Waals surface area contributed by atoms with E-state index >= 15 is 0 Å². The fraction of sp³-hybridized carbons (Fsp3) is 0.352. The minimum atomic E-state index is -1.34. The highest BCUT2D eigenvalue weighted by molar-refractivity contribution is 6.45. The standard InChI is InChI=1S/C21H24Cl2N4O5.C21H25Cl2N3O3.C20H22Cl2N4O5.C13H19Cl2N3.C8H7NO6.C8H7NO5/c1-32-18-13-14(12-17(20(18)28)27(30)31)21(29)24-6-3-7-25-8-10-26(11-9-25)16-5-2-4-15(22)19(16)23;1-29-19-14-15(6-7-18(19)27)21(28)24-8-3-9-25-10-12-26(13-11-25)17-5-2-4-16(22)20(17)23;21-14-3-1-4-15(18(14)22)25-9-7-24(8-10-25)6-2-5-23-20(29)13-11-16(26(30)31)19(28)17(27)12-13;14-11-3-1-4-12(13(11)15)18-9-7-17(8-10-18)6-2-5-16;1-15-6-3-4(8(11)12)2-5(7(6)10)9(13)14;1-14-7-3-5(4-10)2-6(8(7)11)9(12)13/h2,4-5,12-13,28H,3,6-11H2,1H3,(H,24,29);2,4-7,14,27H,3,8-13H2,1H3,(H,24,28);1,3-4,11-12,27-28H,2,5-10H2,(H,23,29);1,3-4H,2,5-10,16H2;2-3,10H,1H3,(H,11,12);2-4,11H,1H3. The molecule has 0 saturated carbocycles. The Hall–Kier alpha value is -12.6. The fourth-order valence-corrected chi connectivity index (χ4v) is 16.3. The molecule has 0 unspecified atom stereocenters. The second kappa shape index (κ2) is 55.3. The molecule has 0 aromatic heterocycles. The number of phenolic OH excluding ortho intramolecular Hbond substituents is 6. The summed E-state index contributed by atoms with van der Waals surface area (Å²) in [6.07, 6.45) is 3.78. The Morgan fingerprint density at radius 3 is 0.950 bits per heavy atom. The number of phenols is 6. The summed E-state index contributed by atoms with van der Waals surface area (Å²) in [5.41, 5.74) is 7.05. The first-order valence-corrected chi connectivity index (χ1v) is 46.0. The normalized spacial score (nSPS) is 13.8. The molecule has 0 spiro atoms. The van der Waals surface area contributed by atoms with Gasteiger partial charge < -0.3 is 96.0 Å². The largest absolute Gasteiger partial charge is 0.504 e. The minimum absolute atomic E-state index is 0.0160. The van der Waals surface area contributed by atoms with Crippen molar-refractivity contribution >= 4 is 168 Å². The van der Waals surface area contributed by atoms with Gasteiger partial charge in [-0.3, -0.25) is 79.2 Å². The molecule has 3 amide bonds. The lowest BCUT2D eigenvalue weighted by molar-refractivity contribution is -0.386. The van der Waals surface area contributed by atoms with Crippen molar-refractivity contribution in [2.75, 3.05) is 205 Å². The summed E-state index contributed by atoms with van der Waals surface area (Å²) in [5, 5.41) is 122. The molecule has 0 radical (unpaired) electrons. The number of rotatable bonds is 32. The number of hydrogen-bond acceptors (Lipinski definition) is 32. The van der Waals surface area contributed by atoms with Crippen molar-refractivity contribution in [3.8, 4) is 57.5 Å². The number of carboxylic acid groups (broad SMARTS) is 1. The van der Waals surface area contributed by atoms with Crippen LogP contribution in [0.25, 0.3) is 0 Å². The first kappa shape index (κ1) is 112. The van der Waals surface area contributed by atoms with Gasteiger partial charge in [0.15, 0.2) is 34.5 Å². The number of piperazine rings is 4. The van der Waals surface area contributed by atoms with Gasteiger partial charge in [0.1, 0.15) is 6.29 Å². The number of aromatic carboxylic acids is 1. The van der Waals surface area contributed by atoms with Crippen molar-refractivity contribution in [1.29, 1.82) is 0 Å². The molecule has 0 aliphatic carbocycles. The first-order valence-electron chi connectivity index (χ1n) is 43.0. The monoisotopic (exact) mass is 2080 g/mol. The van der Waals surface area contributed by atoms with Crippen molar-refractivity contribution in [2.24, 2.45) is 5.73 Å². The number of halogens is 8. The van der Waals surface area contributed by atoms with E-state index in [0.29, 0.717) is 78.1 Å². The number of ether oxygens (including phenoxy) is 4. The minimum Gasteiger partial charge on any atom is -0.504 e. The molecule has 4 fully saturated rings. The summed E-state index contributed by atoms with van der Waals surface area (Å²) in [5.74, 6) is -6.15. The second-order valence-corrected chi connectivity index (χ2v) is 34.1. The Labute approximate surface area is 838 Å². The third-order valence-electron chi connectivity index (χ3n) is 22.1. The number of aromatic hydroxyl groups is 6. The lowest BCUT2D eigenvalue weighted by Crippen LogP contribution is -2.47. The molecule has 12 N–H and O–H groups in total. The molecule has 748 valence electrons. The van der Waals surface area contributed by atoms with Crippen LogP contribution in [0.5, 0.6) is 57.5 Å². The summed E-state index contributed by atoms with van der Waals surface area (Å²) in [6, 6.07) is 35.5. The summed E-state index contributed by atoms with van der Waals surface area (Å²) < 4.78 is 19.2. The van der Waals surface area contributed by atoms with E-state index in [2.05, 4.69) is 64.6 Å². The molecule has 4 aliphatic rings. The van der Waals surface area contributed by atoms with Crippen LogP contribution < -0.4 is 60.2 Å². The van der Waals surface area contributed by atoms with Crippen LogP contribution in [0.2, 0.25) is 40.2 Å². The quantitative estimate of drug-likeness (QED) is 0.00613. The number of carboxylic acids is 1. The number of methoxy groups -OCH3 is 4. The van der Waals surface area contributed by atoms with Gasteiger partial charge in [0, 0.05) is 160 Å². The maximum atomic E-state index is 12.4. The molecule has 139 heavy (non-hydrogen) atoms. The second-order valence-electron chi connectivity index (χ2n) is 31.0. The molecule has 0 atom stereocenters. The number of nitro benzene ring substituents is 4. The van der Waals surface area contributed by atoms with Crippen LogP contribution in [0, 0.1) is 40.5 Å². The lowest BCUT2D eigenvalue weighted by atomic mass is 10.1. The van der Waals surface area contributed by atoms with E-state index in [1.807, 2.05) is 54.6 Å². The van der Waals surface area contributed by atoms with Crippen LogP contribution in [-0.4, -0.2) is 291 Å². The van der Waals surface area contributed by atoms with Gasteiger partial charge in [-0.05, 0) is 149 Å². The summed E-state index contributed by atoms with van der Waals surface area (Å²) in [4.78, 5) is 116. The Kier molecular flexibility index (Phi) is 44.5. The molecule has 13 rings (SSSR count). The van der Waals surface area contributed by atoms with Crippen molar-refractivity contribution in [1.82, 2.24) is 35.6 Å². The maximum Gasteiger partial charge on any atom is 0.336 e. The van der Waals surface area contributed by atoms with Gasteiger partial charge in [0.05, 0.1) is 128 Å². The number of aldehydes is 1. The molecule has 4 heterocycles. The summed E-state index contributed by atoms with van der Waals surface area (Å²) in [6.45, 7) is 20.1. The Balaban J connectivity index is 0.000000210. The lowest BCUT2D eigenvalue weighted by Gasteiger charge is -2.36. The van der Waals surface area contributed by atoms with E-state index in [0.717, 1.165) is 216 Å². The average Bonchev–Trinajstić information content (AvgIpc) is 0.808. The fourth-order valence-electron chi connectivity index (χ4n) is 14.6. The van der Waals surface area contributed by atoms with Crippen molar-refractivity contribution in [2.45, 2.75) is 25.7 Å². The third-order valence-corrected chi connectivity index (χ3v) is 25.4. The van der Waals surface area contributed by atoms with Gasteiger partial charge in [0.2, 0.25) is 23.0 Å². The molecular weight excluding hydrogens is 1980 g/mol. The Morgan fingerprint density at radius 1 is 0.360 bits per heavy atom. The predicted molar refractivity (Wildman–Crippen MR) is 532 cm³/mol. The number of nitrogens with zero attached hydrogens (tertiary/aromatic N) is 12. The van der Waals surface area contributed by atoms with Gasteiger partial charge >= 0.3 is 28.7 Å². The molecular formula is C91H104Cl8N16O24. The topological polar surface area (TPSA) is 524 Å². The number of nitro groups is 4. The summed E-state index contributed by atoms with van der Waals surface area (Å²) in [7, 11) is 5.13. The van der Waals surface area contributed by atoms with Gasteiger partial charge in [-0.2, -0.15) is 0 Å². The smallest absolute Gasteiger partial charge is 0.336 e. The summed E-state index contributed by atoms with van der Waals surface area (Å²) >= 11 is 49.5. The van der Waals surface area contributed by atoms with Gasteiger partial charge in [-0.25, -0.2) is 4.79 Å². The van der Waals surface area contributed by atoms with E-state index in [-0.39, 0.29) is 56.9 Å². The van der Waals surface area contributed by atoms with Crippen LogP contribution >= 0.6 is 92.8 Å². The molecule has 0 bridgehead atoms. The molecule has 4 saturated heterocycles. The molecule has 9 aromatic carbocycles. The van der Waals surface area contributed by atoms with Crippen LogP contribution in [-0.2, 0) is 0 Å². The molecule has 9 aromatic rings. The van der Waals surface area contributed by atoms with Crippen molar-refractivity contribution in [3.05, 3.63) is 248 Å². The number of hydrogen-bond donors (Lipinski definition) is 11. The molecule has 40 nitrogen and oxygen atoms in total. The molecule has 48 heteroatoms. The van der Waals surface area contributed by atoms with Crippen LogP contribution in [0.1, 0.15) is 77.5 Å².